The highest BCUT2D eigenvalue weighted by atomic mass is 32.1. The first-order valence-corrected chi connectivity index (χ1v) is 8.68. The fourth-order valence-corrected chi connectivity index (χ4v) is 3.45. The Morgan fingerprint density at radius 2 is 2.08 bits per heavy atom. The third kappa shape index (κ3) is 3.16. The molecule has 0 bridgehead atoms. The van der Waals surface area contributed by atoms with Crippen molar-refractivity contribution in [1.82, 2.24) is 4.98 Å². The van der Waals surface area contributed by atoms with Gasteiger partial charge in [-0.2, -0.15) is 5.10 Å². The summed E-state index contributed by atoms with van der Waals surface area (Å²) in [5.41, 5.74) is 6.70. The van der Waals surface area contributed by atoms with Crippen molar-refractivity contribution in [2.75, 3.05) is 5.43 Å². The maximum absolute atomic E-state index is 10.7. The molecular weight excluding hydrogens is 340 g/mol. The van der Waals surface area contributed by atoms with Gasteiger partial charge in [-0.05, 0) is 31.0 Å². The lowest BCUT2D eigenvalue weighted by atomic mass is 9.97. The molecule has 8 heteroatoms. The van der Waals surface area contributed by atoms with Crippen LogP contribution in [0.15, 0.2) is 51.5 Å². The van der Waals surface area contributed by atoms with Crippen LogP contribution >= 0.6 is 11.3 Å². The lowest BCUT2D eigenvalue weighted by Crippen LogP contribution is -2.11. The van der Waals surface area contributed by atoms with E-state index in [2.05, 4.69) is 15.5 Å². The number of aromatic nitrogens is 1. The number of hydrazone groups is 1. The van der Waals surface area contributed by atoms with Gasteiger partial charge in [-0.1, -0.05) is 0 Å². The first-order valence-electron chi connectivity index (χ1n) is 7.80. The number of hydrogen-bond acceptors (Lipinski definition) is 7. The lowest BCUT2D eigenvalue weighted by molar-refractivity contribution is -0.384. The largest absolute Gasteiger partial charge is 0.469 e. The second kappa shape index (κ2) is 6.48. The van der Waals surface area contributed by atoms with E-state index in [1.165, 1.54) is 23.5 Å². The molecule has 0 saturated carbocycles. The van der Waals surface area contributed by atoms with Gasteiger partial charge in [0.2, 0.25) is 5.13 Å². The summed E-state index contributed by atoms with van der Waals surface area (Å²) in [5, 5.41) is 17.8. The van der Waals surface area contributed by atoms with Crippen molar-refractivity contribution in [1.29, 1.82) is 0 Å². The number of furan rings is 1. The van der Waals surface area contributed by atoms with Crippen LogP contribution in [0.2, 0.25) is 0 Å². The molecule has 25 heavy (non-hydrogen) atoms. The molecule has 7 nitrogen and oxygen atoms in total. The second-order valence-corrected chi connectivity index (χ2v) is 6.48. The summed E-state index contributed by atoms with van der Waals surface area (Å²) in [5.74, 6) is 0.984. The predicted molar refractivity (Wildman–Crippen MR) is 96.0 cm³/mol. The summed E-state index contributed by atoms with van der Waals surface area (Å²) >= 11 is 1.44. The molecule has 0 radical (unpaired) electrons. The number of thiazole rings is 1. The summed E-state index contributed by atoms with van der Waals surface area (Å²) in [6.07, 6.45) is 4.57. The highest BCUT2D eigenvalue weighted by Crippen LogP contribution is 2.27. The minimum atomic E-state index is -0.414. The Labute approximate surface area is 147 Å². The van der Waals surface area contributed by atoms with E-state index in [1.807, 2.05) is 11.4 Å². The number of rotatable bonds is 4. The number of nitro groups is 1. The van der Waals surface area contributed by atoms with E-state index in [4.69, 9.17) is 4.42 Å². The van der Waals surface area contributed by atoms with Crippen LogP contribution in [-0.4, -0.2) is 15.6 Å². The molecule has 0 unspecified atom stereocenters. The van der Waals surface area contributed by atoms with Crippen LogP contribution in [0.1, 0.15) is 24.2 Å². The minimum absolute atomic E-state index is 0.0666. The average Bonchev–Trinajstić information content (AvgIpc) is 3.29. The number of aryl methyl sites for hydroxylation is 1. The van der Waals surface area contributed by atoms with Gasteiger partial charge in [0.1, 0.15) is 5.76 Å². The van der Waals surface area contributed by atoms with E-state index in [1.54, 1.807) is 18.4 Å². The van der Waals surface area contributed by atoms with E-state index in [9.17, 15) is 10.1 Å². The average molecular weight is 354 g/mol. The topological polar surface area (TPSA) is 93.6 Å². The van der Waals surface area contributed by atoms with Gasteiger partial charge in [0.25, 0.3) is 5.69 Å². The number of fused-ring (bicyclic) bond motifs is 1. The first-order chi connectivity index (χ1) is 12.2. The molecule has 1 aliphatic carbocycles. The van der Waals surface area contributed by atoms with E-state index in [0.717, 1.165) is 47.6 Å². The van der Waals surface area contributed by atoms with E-state index < -0.39 is 4.92 Å². The molecule has 126 valence electrons. The van der Waals surface area contributed by atoms with Crippen molar-refractivity contribution >= 4 is 27.9 Å². The molecule has 4 rings (SSSR count). The maximum atomic E-state index is 10.7. The first kappa shape index (κ1) is 15.5. The summed E-state index contributed by atoms with van der Waals surface area (Å²) in [7, 11) is 0. The van der Waals surface area contributed by atoms with Crippen LogP contribution in [0, 0.1) is 10.1 Å². The molecule has 0 fully saturated rings. The van der Waals surface area contributed by atoms with Crippen molar-refractivity contribution in [3.05, 3.63) is 63.4 Å². The maximum Gasteiger partial charge on any atom is 0.269 e. The standard InChI is InChI=1S/C17H14N4O3S/c22-21(23)12-6-4-11(5-7-12)15-10-25-17(18-15)20-19-14-2-1-3-16-13(14)8-9-24-16/h4-10H,1-3H2,(H,18,20)/b19-14+. The second-order valence-electron chi connectivity index (χ2n) is 5.62. The van der Waals surface area contributed by atoms with Gasteiger partial charge in [0, 0.05) is 35.1 Å². The van der Waals surface area contributed by atoms with Gasteiger partial charge in [-0.3, -0.25) is 15.5 Å². The summed E-state index contributed by atoms with van der Waals surface area (Å²) < 4.78 is 5.46. The smallest absolute Gasteiger partial charge is 0.269 e. The van der Waals surface area contributed by atoms with Crippen LogP contribution < -0.4 is 5.43 Å². The summed E-state index contributed by atoms with van der Waals surface area (Å²) in [6.45, 7) is 0. The van der Waals surface area contributed by atoms with E-state index in [-0.39, 0.29) is 5.69 Å². The highest BCUT2D eigenvalue weighted by molar-refractivity contribution is 7.14. The Morgan fingerprint density at radius 3 is 2.88 bits per heavy atom. The molecular formula is C17H14N4O3S. The van der Waals surface area contributed by atoms with Gasteiger partial charge in [-0.25, -0.2) is 4.98 Å². The molecule has 2 aromatic heterocycles. The normalized spacial score (nSPS) is 15.1. The van der Waals surface area contributed by atoms with Crippen molar-refractivity contribution in [2.24, 2.45) is 5.10 Å². The van der Waals surface area contributed by atoms with Crippen molar-refractivity contribution in [3.8, 4) is 11.3 Å². The molecule has 0 saturated heterocycles. The van der Waals surface area contributed by atoms with E-state index >= 15 is 0 Å². The van der Waals surface area contributed by atoms with Crippen LogP contribution in [0.25, 0.3) is 11.3 Å². The number of nitrogens with one attached hydrogen (secondary N) is 1. The molecule has 0 aliphatic heterocycles. The molecule has 1 N–H and O–H groups in total. The number of hydrogen-bond donors (Lipinski definition) is 1. The fourth-order valence-electron chi connectivity index (χ4n) is 2.79. The van der Waals surface area contributed by atoms with Crippen LogP contribution in [-0.2, 0) is 6.42 Å². The molecule has 1 aliphatic rings. The minimum Gasteiger partial charge on any atom is -0.469 e. The van der Waals surface area contributed by atoms with Crippen molar-refractivity contribution in [2.45, 2.75) is 19.3 Å². The number of nitro benzene ring substituents is 1. The van der Waals surface area contributed by atoms with Gasteiger partial charge < -0.3 is 4.42 Å². The zero-order valence-electron chi connectivity index (χ0n) is 13.1. The molecule has 0 atom stereocenters. The Morgan fingerprint density at radius 1 is 1.24 bits per heavy atom. The molecule has 0 spiro atoms. The molecule has 1 aromatic carbocycles. The Hall–Kier alpha value is -3.00. The highest BCUT2D eigenvalue weighted by Gasteiger charge is 2.18. The third-order valence-electron chi connectivity index (χ3n) is 4.04. The number of anilines is 1. The molecule has 3 aromatic rings. The van der Waals surface area contributed by atoms with Crippen molar-refractivity contribution in [3.63, 3.8) is 0 Å². The monoisotopic (exact) mass is 354 g/mol. The number of non-ortho nitro benzene ring substituents is 1. The Balaban J connectivity index is 1.51. The lowest BCUT2D eigenvalue weighted by Gasteiger charge is -2.12. The zero-order chi connectivity index (χ0) is 17.2. The van der Waals surface area contributed by atoms with Gasteiger partial charge in [-0.15, -0.1) is 11.3 Å². The van der Waals surface area contributed by atoms with E-state index in [0.29, 0.717) is 5.13 Å². The SMILES string of the molecule is O=[N+]([O-])c1ccc(-c2csc(N/N=C3\CCCc4occc43)n2)cc1. The molecule has 0 amide bonds. The van der Waals surface area contributed by atoms with Crippen LogP contribution in [0.4, 0.5) is 10.8 Å². The Kier molecular flexibility index (Phi) is 4.02. The summed E-state index contributed by atoms with van der Waals surface area (Å²) in [6, 6.07) is 8.29. The van der Waals surface area contributed by atoms with Crippen molar-refractivity contribution < 1.29 is 9.34 Å². The molecule has 2 heterocycles. The fraction of sp³-hybridized carbons (Fsp3) is 0.176. The van der Waals surface area contributed by atoms with Gasteiger partial charge in [0.05, 0.1) is 22.6 Å². The predicted octanol–water partition coefficient (Wildman–Crippen LogP) is 4.46. The van der Waals surface area contributed by atoms with Gasteiger partial charge >= 0.3 is 0 Å². The number of nitrogens with zero attached hydrogens (tertiary/aromatic N) is 3. The number of benzene rings is 1. The Bertz CT molecular complexity index is 943. The van der Waals surface area contributed by atoms with Gasteiger partial charge in [0.15, 0.2) is 0 Å². The summed E-state index contributed by atoms with van der Waals surface area (Å²) in [4.78, 5) is 14.8. The van der Waals surface area contributed by atoms with Crippen LogP contribution in [0.5, 0.6) is 0 Å². The quantitative estimate of drug-likeness (QED) is 0.551. The third-order valence-corrected chi connectivity index (χ3v) is 4.79. The zero-order valence-corrected chi connectivity index (χ0v) is 14.0. The van der Waals surface area contributed by atoms with Crippen LogP contribution in [0.3, 0.4) is 0 Å².